The molecule has 458 valence electrons. The van der Waals surface area contributed by atoms with Gasteiger partial charge in [-0.1, -0.05) is 259 Å². The van der Waals surface area contributed by atoms with Gasteiger partial charge in [0.05, 0.1) is 0 Å². The molecule has 0 aliphatic heterocycles. The Morgan fingerprint density at radius 1 is 0.241 bits per heavy atom. The average Bonchev–Trinajstić information content (AvgIpc) is 3.49. The summed E-state index contributed by atoms with van der Waals surface area (Å²) in [5.74, 6) is -1.07. The monoisotopic (exact) mass is 1130 g/mol. The maximum atomic E-state index is 12.9. The van der Waals surface area contributed by atoms with Gasteiger partial charge in [-0.2, -0.15) is 0 Å². The van der Waals surface area contributed by atoms with Gasteiger partial charge in [0, 0.05) is 19.3 Å². The highest BCUT2D eigenvalue weighted by molar-refractivity contribution is 5.71. The Labute approximate surface area is 508 Å². The Hall–Kier alpha value is -6.27. The van der Waals surface area contributed by atoms with Crippen molar-refractivity contribution in [2.45, 2.75) is 232 Å². The second-order valence-electron chi connectivity index (χ2n) is 20.2. The standard InChI is InChI=1S/C77H114O6/c1-4-7-10-13-16-19-22-25-28-30-32-34-35-36-37-38-39-40-41-43-44-46-49-52-55-58-61-64-67-70-76(79)82-73-74(72-81-75(78)69-66-63-60-57-54-51-48-27-24-21-18-15-12-9-6-3)83-77(80)71-68-65-62-59-56-53-50-47-45-42-33-31-29-26-23-20-17-14-11-8-5-2/h7-12,16-21,25-29,32-34,36-37,39-40,42-44,47-50,52,56,58-59,61,74H,4-6,13-15,22-24,30-31,35,38,41,45-46,51,53-55,57,60,62-73H2,1-3H3/b10-7-,11-8-,12-9-,19-16-,20-17-,21-18-,28-25-,29-26-,34-32-,37-36-,40-39-,42-33-,44-43-,48-27-,50-47-,52-49-,59-56-,61-58-. The van der Waals surface area contributed by atoms with E-state index in [0.29, 0.717) is 19.3 Å². The van der Waals surface area contributed by atoms with Gasteiger partial charge in [-0.05, 0) is 167 Å². The molecule has 0 aromatic heterocycles. The molecule has 0 spiro atoms. The van der Waals surface area contributed by atoms with Gasteiger partial charge >= 0.3 is 17.9 Å². The first-order valence-corrected chi connectivity index (χ1v) is 32.2. The number of rotatable bonds is 55. The van der Waals surface area contributed by atoms with Gasteiger partial charge in [0.1, 0.15) is 13.2 Å². The lowest BCUT2D eigenvalue weighted by atomic mass is 10.1. The van der Waals surface area contributed by atoms with Gasteiger partial charge in [0.25, 0.3) is 0 Å². The van der Waals surface area contributed by atoms with Crippen LogP contribution in [0.15, 0.2) is 219 Å². The van der Waals surface area contributed by atoms with E-state index in [9.17, 15) is 14.4 Å². The summed E-state index contributed by atoms with van der Waals surface area (Å²) in [4.78, 5) is 38.3. The van der Waals surface area contributed by atoms with Crippen LogP contribution in [0.1, 0.15) is 226 Å². The quantitative estimate of drug-likeness (QED) is 0.0261. The summed E-state index contributed by atoms with van der Waals surface area (Å²) in [6, 6.07) is 0. The Balaban J connectivity index is 4.60. The normalized spacial score (nSPS) is 13.6. The molecule has 1 unspecified atom stereocenters. The lowest BCUT2D eigenvalue weighted by Gasteiger charge is -2.18. The van der Waals surface area contributed by atoms with Crippen LogP contribution in [-0.2, 0) is 28.6 Å². The van der Waals surface area contributed by atoms with Crippen molar-refractivity contribution in [3.63, 3.8) is 0 Å². The molecule has 0 N–H and O–H groups in total. The van der Waals surface area contributed by atoms with Crippen LogP contribution in [0, 0.1) is 0 Å². The Morgan fingerprint density at radius 3 is 0.747 bits per heavy atom. The van der Waals surface area contributed by atoms with Crippen LogP contribution in [0.25, 0.3) is 0 Å². The first kappa shape index (κ1) is 76.7. The van der Waals surface area contributed by atoms with Crippen molar-refractivity contribution in [2.75, 3.05) is 13.2 Å². The lowest BCUT2D eigenvalue weighted by molar-refractivity contribution is -0.167. The molecule has 1 atom stereocenters. The third kappa shape index (κ3) is 66.4. The third-order valence-electron chi connectivity index (χ3n) is 12.5. The molecule has 0 saturated carbocycles. The molecule has 0 aromatic carbocycles. The van der Waals surface area contributed by atoms with Crippen molar-refractivity contribution in [1.82, 2.24) is 0 Å². The van der Waals surface area contributed by atoms with Crippen molar-refractivity contribution in [2.24, 2.45) is 0 Å². The molecule has 0 fully saturated rings. The highest BCUT2D eigenvalue weighted by Crippen LogP contribution is 2.12. The van der Waals surface area contributed by atoms with Crippen LogP contribution >= 0.6 is 0 Å². The SMILES string of the molecule is CC/C=C\C/C=C\C/C=C\C/C=C\C/C=C\C/C=C\C/C=C\C/C=C\C/C=C\CCCC(=O)OCC(COC(=O)CCCCCCC/C=C\C/C=C\C/C=C\CC)OC(=O)CCCC/C=C\C/C=C\C/C=C\C/C=C\C/C=C\C/C=C\CC. The summed E-state index contributed by atoms with van der Waals surface area (Å²) in [7, 11) is 0. The number of hydrogen-bond donors (Lipinski definition) is 0. The van der Waals surface area contributed by atoms with Crippen LogP contribution in [-0.4, -0.2) is 37.2 Å². The molecule has 0 rings (SSSR count). The summed E-state index contributed by atoms with van der Waals surface area (Å²) in [5, 5.41) is 0. The second-order valence-corrected chi connectivity index (χ2v) is 20.2. The minimum absolute atomic E-state index is 0.136. The van der Waals surface area contributed by atoms with E-state index in [1.54, 1.807) is 0 Å². The molecule has 0 radical (unpaired) electrons. The highest BCUT2D eigenvalue weighted by atomic mass is 16.6. The van der Waals surface area contributed by atoms with E-state index in [-0.39, 0.29) is 44.0 Å². The molecule has 0 bridgehead atoms. The van der Waals surface area contributed by atoms with E-state index in [1.165, 1.54) is 0 Å². The van der Waals surface area contributed by atoms with Crippen LogP contribution < -0.4 is 0 Å². The van der Waals surface area contributed by atoms with Crippen molar-refractivity contribution in [3.8, 4) is 0 Å². The van der Waals surface area contributed by atoms with Crippen LogP contribution in [0.2, 0.25) is 0 Å². The lowest BCUT2D eigenvalue weighted by Crippen LogP contribution is -2.30. The van der Waals surface area contributed by atoms with E-state index in [2.05, 4.69) is 240 Å². The predicted molar refractivity (Wildman–Crippen MR) is 361 cm³/mol. The number of carbonyl (C=O) groups excluding carboxylic acids is 3. The Bertz CT molecular complexity index is 2080. The minimum Gasteiger partial charge on any atom is -0.462 e. The zero-order chi connectivity index (χ0) is 59.9. The van der Waals surface area contributed by atoms with E-state index < -0.39 is 6.10 Å². The average molecular weight is 1140 g/mol. The second kappa shape index (κ2) is 68.2. The van der Waals surface area contributed by atoms with Gasteiger partial charge in [0.15, 0.2) is 6.10 Å². The fraction of sp³-hybridized carbons (Fsp3) is 0.494. The molecular formula is C77H114O6. The number of esters is 3. The molecule has 6 nitrogen and oxygen atoms in total. The minimum atomic E-state index is -0.849. The maximum Gasteiger partial charge on any atom is 0.306 e. The zero-order valence-corrected chi connectivity index (χ0v) is 52.4. The first-order valence-electron chi connectivity index (χ1n) is 32.2. The van der Waals surface area contributed by atoms with Crippen molar-refractivity contribution in [3.05, 3.63) is 219 Å². The van der Waals surface area contributed by atoms with E-state index in [0.717, 1.165) is 173 Å². The zero-order valence-electron chi connectivity index (χ0n) is 52.4. The molecule has 0 heterocycles. The Morgan fingerprint density at radius 2 is 0.446 bits per heavy atom. The summed E-state index contributed by atoms with van der Waals surface area (Å²) in [5.41, 5.74) is 0. The summed E-state index contributed by atoms with van der Waals surface area (Å²) in [6.45, 7) is 6.18. The molecule has 0 aliphatic rings. The predicted octanol–water partition coefficient (Wildman–Crippen LogP) is 22.5. The summed E-state index contributed by atoms with van der Waals surface area (Å²) in [6.07, 6.45) is 107. The molecule has 0 amide bonds. The van der Waals surface area contributed by atoms with Crippen LogP contribution in [0.5, 0.6) is 0 Å². The molecule has 83 heavy (non-hydrogen) atoms. The van der Waals surface area contributed by atoms with Crippen molar-refractivity contribution in [1.29, 1.82) is 0 Å². The smallest absolute Gasteiger partial charge is 0.306 e. The van der Waals surface area contributed by atoms with Crippen molar-refractivity contribution >= 4 is 17.9 Å². The molecule has 0 saturated heterocycles. The van der Waals surface area contributed by atoms with Gasteiger partial charge in [-0.3, -0.25) is 14.4 Å². The molecule has 0 aromatic rings. The number of ether oxygens (including phenoxy) is 3. The largest absolute Gasteiger partial charge is 0.462 e. The summed E-state index contributed by atoms with van der Waals surface area (Å²) >= 11 is 0. The van der Waals surface area contributed by atoms with Gasteiger partial charge in [-0.25, -0.2) is 0 Å². The number of carbonyl (C=O) groups is 3. The fourth-order valence-corrected chi connectivity index (χ4v) is 7.75. The molecule has 0 aliphatic carbocycles. The van der Waals surface area contributed by atoms with Gasteiger partial charge < -0.3 is 14.2 Å². The van der Waals surface area contributed by atoms with Crippen LogP contribution in [0.3, 0.4) is 0 Å². The fourth-order valence-electron chi connectivity index (χ4n) is 7.75. The van der Waals surface area contributed by atoms with Crippen molar-refractivity contribution < 1.29 is 28.6 Å². The van der Waals surface area contributed by atoms with Gasteiger partial charge in [-0.15, -0.1) is 0 Å². The molecular weight excluding hydrogens is 1020 g/mol. The maximum absolute atomic E-state index is 12.9. The number of unbranched alkanes of at least 4 members (excludes halogenated alkanes) is 8. The highest BCUT2D eigenvalue weighted by Gasteiger charge is 2.19. The number of allylic oxidation sites excluding steroid dienone is 36. The van der Waals surface area contributed by atoms with Crippen LogP contribution in [0.4, 0.5) is 0 Å². The topological polar surface area (TPSA) is 78.9 Å². The van der Waals surface area contributed by atoms with Gasteiger partial charge in [0.2, 0.25) is 0 Å². The van der Waals surface area contributed by atoms with E-state index >= 15 is 0 Å². The summed E-state index contributed by atoms with van der Waals surface area (Å²) < 4.78 is 16.8. The molecule has 6 heteroatoms. The Kier molecular flexibility index (Phi) is 63.1. The third-order valence-corrected chi connectivity index (χ3v) is 12.5. The van der Waals surface area contributed by atoms with E-state index in [4.69, 9.17) is 14.2 Å². The van der Waals surface area contributed by atoms with E-state index in [1.807, 2.05) is 0 Å². The first-order chi connectivity index (χ1) is 41.0. The number of hydrogen-bond acceptors (Lipinski definition) is 6.